The lowest BCUT2D eigenvalue weighted by molar-refractivity contribution is 0.0953. The molecule has 0 fully saturated rings. The summed E-state index contributed by atoms with van der Waals surface area (Å²) in [5, 5.41) is 19.1. The molecule has 25 heavy (non-hydrogen) atoms. The van der Waals surface area contributed by atoms with Gasteiger partial charge in [0.15, 0.2) is 0 Å². The van der Waals surface area contributed by atoms with E-state index in [-0.39, 0.29) is 11.7 Å². The zero-order chi connectivity index (χ0) is 17.5. The van der Waals surface area contributed by atoms with Crippen molar-refractivity contribution in [3.63, 3.8) is 0 Å². The first-order chi connectivity index (χ1) is 12.2. The van der Waals surface area contributed by atoms with Gasteiger partial charge >= 0.3 is 0 Å². The van der Waals surface area contributed by atoms with E-state index in [0.29, 0.717) is 36.9 Å². The molecule has 0 spiro atoms. The number of rotatable bonds is 7. The predicted octanol–water partition coefficient (Wildman–Crippen LogP) is 2.67. The molecule has 3 N–H and O–H groups in total. The smallest absolute Gasteiger partial charge is 0.263 e. The fraction of sp³-hybridized carbons (Fsp3) is 0.167. The van der Waals surface area contributed by atoms with Gasteiger partial charge in [-0.15, -0.1) is 0 Å². The second kappa shape index (κ2) is 7.96. The number of nitrogens with one attached hydrogen (secondary N) is 2. The minimum atomic E-state index is -0.221. The maximum absolute atomic E-state index is 11.9. The quantitative estimate of drug-likeness (QED) is 0.573. The Morgan fingerprint density at radius 2 is 1.92 bits per heavy atom. The number of phenolic OH excluding ortho intramolecular Hbond substituents is 1. The van der Waals surface area contributed by atoms with Gasteiger partial charge in [0.25, 0.3) is 17.7 Å². The SMILES string of the molecule is O=C(NCCCNc1noc(-c2ccccc2)n1)c1cccc(O)c1. The summed E-state index contributed by atoms with van der Waals surface area (Å²) < 4.78 is 5.20. The summed E-state index contributed by atoms with van der Waals surface area (Å²) in [5.74, 6) is 0.723. The van der Waals surface area contributed by atoms with Crippen molar-refractivity contribution >= 4 is 11.9 Å². The van der Waals surface area contributed by atoms with E-state index in [2.05, 4.69) is 20.8 Å². The highest BCUT2D eigenvalue weighted by Gasteiger charge is 2.08. The molecule has 0 aliphatic rings. The molecule has 1 amide bonds. The van der Waals surface area contributed by atoms with Crippen LogP contribution in [-0.2, 0) is 0 Å². The summed E-state index contributed by atoms with van der Waals surface area (Å²) in [6.07, 6.45) is 0.694. The molecule has 3 aromatic rings. The summed E-state index contributed by atoms with van der Waals surface area (Å²) in [6.45, 7) is 1.08. The number of phenols is 1. The molecule has 3 rings (SSSR count). The van der Waals surface area contributed by atoms with Gasteiger partial charge in [-0.2, -0.15) is 4.98 Å². The Labute approximate surface area is 144 Å². The Kier molecular flexibility index (Phi) is 5.26. The summed E-state index contributed by atoms with van der Waals surface area (Å²) >= 11 is 0. The molecule has 128 valence electrons. The third-order valence-electron chi connectivity index (χ3n) is 3.48. The van der Waals surface area contributed by atoms with E-state index in [0.717, 1.165) is 5.56 Å². The average molecular weight is 338 g/mol. The Hall–Kier alpha value is -3.35. The van der Waals surface area contributed by atoms with E-state index in [1.165, 1.54) is 12.1 Å². The number of amides is 1. The molecule has 0 aliphatic carbocycles. The monoisotopic (exact) mass is 338 g/mol. The molecule has 7 heteroatoms. The topological polar surface area (TPSA) is 100 Å². The van der Waals surface area contributed by atoms with Crippen LogP contribution in [0.4, 0.5) is 5.95 Å². The molecule has 0 aliphatic heterocycles. The van der Waals surface area contributed by atoms with Crippen LogP contribution in [0.5, 0.6) is 5.75 Å². The lowest BCUT2D eigenvalue weighted by Gasteiger charge is -2.05. The van der Waals surface area contributed by atoms with Gasteiger partial charge in [0, 0.05) is 24.2 Å². The highest BCUT2D eigenvalue weighted by Crippen LogP contribution is 2.17. The van der Waals surface area contributed by atoms with Gasteiger partial charge in [-0.05, 0) is 41.9 Å². The molecule has 7 nitrogen and oxygen atoms in total. The molecule has 2 aromatic carbocycles. The highest BCUT2D eigenvalue weighted by atomic mass is 16.5. The van der Waals surface area contributed by atoms with Crippen molar-refractivity contribution in [3.05, 3.63) is 60.2 Å². The molecule has 0 saturated carbocycles. The maximum Gasteiger partial charge on any atom is 0.263 e. The number of carbonyl (C=O) groups is 1. The van der Waals surface area contributed by atoms with Gasteiger partial charge in [-0.25, -0.2) is 0 Å². The van der Waals surface area contributed by atoms with Crippen LogP contribution in [0.15, 0.2) is 59.1 Å². The van der Waals surface area contributed by atoms with Crippen LogP contribution in [-0.4, -0.2) is 34.2 Å². The Morgan fingerprint density at radius 3 is 2.72 bits per heavy atom. The van der Waals surface area contributed by atoms with Gasteiger partial charge in [0.1, 0.15) is 5.75 Å². The third-order valence-corrected chi connectivity index (χ3v) is 3.48. The Balaban J connectivity index is 1.40. The minimum Gasteiger partial charge on any atom is -0.508 e. The summed E-state index contributed by atoms with van der Waals surface area (Å²) in [6, 6.07) is 15.8. The van der Waals surface area contributed by atoms with Crippen LogP contribution in [0.1, 0.15) is 16.8 Å². The van der Waals surface area contributed by atoms with Gasteiger partial charge < -0.3 is 20.3 Å². The molecule has 0 bridgehead atoms. The van der Waals surface area contributed by atoms with Crippen LogP contribution in [0, 0.1) is 0 Å². The van der Waals surface area contributed by atoms with E-state index < -0.39 is 0 Å². The number of nitrogens with zero attached hydrogens (tertiary/aromatic N) is 2. The number of aromatic nitrogens is 2. The van der Waals surface area contributed by atoms with Crippen LogP contribution in [0.3, 0.4) is 0 Å². The summed E-state index contributed by atoms with van der Waals surface area (Å²) in [7, 11) is 0. The van der Waals surface area contributed by atoms with Crippen molar-refractivity contribution in [2.24, 2.45) is 0 Å². The highest BCUT2D eigenvalue weighted by molar-refractivity contribution is 5.94. The zero-order valence-corrected chi connectivity index (χ0v) is 13.5. The van der Waals surface area contributed by atoms with Crippen LogP contribution in [0.2, 0.25) is 0 Å². The van der Waals surface area contributed by atoms with Gasteiger partial charge in [0.2, 0.25) is 0 Å². The maximum atomic E-state index is 11.9. The lowest BCUT2D eigenvalue weighted by Crippen LogP contribution is -2.25. The lowest BCUT2D eigenvalue weighted by atomic mass is 10.2. The Bertz CT molecular complexity index is 833. The number of benzene rings is 2. The van der Waals surface area contributed by atoms with E-state index in [4.69, 9.17) is 4.52 Å². The van der Waals surface area contributed by atoms with Crippen LogP contribution in [0.25, 0.3) is 11.5 Å². The van der Waals surface area contributed by atoms with Gasteiger partial charge in [0.05, 0.1) is 0 Å². The molecule has 0 saturated heterocycles. The first kappa shape index (κ1) is 16.5. The van der Waals surface area contributed by atoms with Gasteiger partial charge in [-0.1, -0.05) is 24.3 Å². The van der Waals surface area contributed by atoms with E-state index in [1.807, 2.05) is 30.3 Å². The summed E-state index contributed by atoms with van der Waals surface area (Å²) in [5.41, 5.74) is 1.29. The first-order valence-corrected chi connectivity index (χ1v) is 7.92. The van der Waals surface area contributed by atoms with Crippen molar-refractivity contribution in [2.75, 3.05) is 18.4 Å². The zero-order valence-electron chi connectivity index (χ0n) is 13.5. The first-order valence-electron chi connectivity index (χ1n) is 7.92. The Morgan fingerprint density at radius 1 is 1.08 bits per heavy atom. The number of hydrogen-bond donors (Lipinski definition) is 3. The minimum absolute atomic E-state index is 0.0700. The van der Waals surface area contributed by atoms with Crippen molar-refractivity contribution in [3.8, 4) is 17.2 Å². The fourth-order valence-electron chi connectivity index (χ4n) is 2.23. The number of carbonyl (C=O) groups excluding carboxylic acids is 1. The molecular weight excluding hydrogens is 320 g/mol. The van der Waals surface area contributed by atoms with Crippen molar-refractivity contribution in [1.82, 2.24) is 15.5 Å². The van der Waals surface area contributed by atoms with Crippen LogP contribution < -0.4 is 10.6 Å². The molecular formula is C18H18N4O3. The average Bonchev–Trinajstić information content (AvgIpc) is 3.11. The van der Waals surface area contributed by atoms with Crippen molar-refractivity contribution in [1.29, 1.82) is 0 Å². The van der Waals surface area contributed by atoms with E-state index in [9.17, 15) is 9.90 Å². The number of anilines is 1. The van der Waals surface area contributed by atoms with E-state index in [1.54, 1.807) is 12.1 Å². The predicted molar refractivity (Wildman–Crippen MR) is 93.3 cm³/mol. The molecule has 0 atom stereocenters. The second-order valence-corrected chi connectivity index (χ2v) is 5.38. The van der Waals surface area contributed by atoms with Crippen LogP contribution >= 0.6 is 0 Å². The van der Waals surface area contributed by atoms with Gasteiger partial charge in [-0.3, -0.25) is 4.79 Å². The summed E-state index contributed by atoms with van der Waals surface area (Å²) in [4.78, 5) is 16.2. The number of hydrogen-bond acceptors (Lipinski definition) is 6. The largest absolute Gasteiger partial charge is 0.508 e. The molecule has 1 aromatic heterocycles. The fourth-order valence-corrected chi connectivity index (χ4v) is 2.23. The second-order valence-electron chi connectivity index (χ2n) is 5.38. The normalized spacial score (nSPS) is 10.4. The van der Waals surface area contributed by atoms with E-state index >= 15 is 0 Å². The van der Waals surface area contributed by atoms with Crippen molar-refractivity contribution in [2.45, 2.75) is 6.42 Å². The molecule has 1 heterocycles. The van der Waals surface area contributed by atoms with Crippen molar-refractivity contribution < 1.29 is 14.4 Å². The molecule has 0 unspecified atom stereocenters. The molecule has 0 radical (unpaired) electrons. The standard InChI is InChI=1S/C18H18N4O3/c23-15-9-4-8-14(12-15)16(24)19-10-5-11-20-18-21-17(25-22-18)13-6-2-1-3-7-13/h1-4,6-9,12,23H,5,10-11H2,(H,19,24)(H,20,22). The number of aromatic hydroxyl groups is 1. The third kappa shape index (κ3) is 4.57.